The van der Waals surface area contributed by atoms with Crippen LogP contribution in [0.25, 0.3) is 0 Å². The zero-order chi connectivity index (χ0) is 19.5. The van der Waals surface area contributed by atoms with Gasteiger partial charge in [-0.3, -0.25) is 9.59 Å². The molecule has 0 aromatic heterocycles. The first kappa shape index (κ1) is 21.8. The van der Waals surface area contributed by atoms with E-state index >= 15 is 0 Å². The van der Waals surface area contributed by atoms with Gasteiger partial charge in [-0.25, -0.2) is 0 Å². The van der Waals surface area contributed by atoms with Gasteiger partial charge in [-0.05, 0) is 76.5 Å². The molecule has 0 radical (unpaired) electrons. The number of nitrogens with zero attached hydrogens (tertiary/aromatic N) is 3. The average molecular weight is 401 g/mol. The van der Waals surface area contributed by atoms with Gasteiger partial charge in [0.25, 0.3) is 5.91 Å². The van der Waals surface area contributed by atoms with Gasteiger partial charge in [0.05, 0.1) is 11.1 Å². The van der Waals surface area contributed by atoms with Gasteiger partial charge in [0.1, 0.15) is 0 Å². The molecule has 0 bridgehead atoms. The van der Waals surface area contributed by atoms with Crippen LogP contribution in [0.15, 0.2) is 18.2 Å². The van der Waals surface area contributed by atoms with E-state index < -0.39 is 5.91 Å². The van der Waals surface area contributed by atoms with Gasteiger partial charge in [-0.15, -0.1) is 0 Å². The van der Waals surface area contributed by atoms with Crippen LogP contribution in [-0.4, -0.2) is 71.8 Å². The van der Waals surface area contributed by atoms with E-state index in [2.05, 4.69) is 9.80 Å². The fourth-order valence-electron chi connectivity index (χ4n) is 5.08. The third-order valence-corrected chi connectivity index (χ3v) is 6.65. The minimum Gasteiger partial charge on any atom is -0.366 e. The van der Waals surface area contributed by atoms with Crippen molar-refractivity contribution in [1.82, 2.24) is 14.7 Å². The number of likely N-dealkylation sites (tertiary alicyclic amines) is 2. The van der Waals surface area contributed by atoms with Crippen LogP contribution in [0, 0.1) is 0 Å². The molecule has 2 saturated heterocycles. The van der Waals surface area contributed by atoms with Crippen LogP contribution in [0.5, 0.6) is 0 Å². The number of carbonyl (C=O) groups excluding carboxylic acids is 2. The lowest BCUT2D eigenvalue weighted by atomic mass is 10.00. The Bertz CT molecular complexity index is 722. The molecule has 0 spiro atoms. The predicted molar refractivity (Wildman–Crippen MR) is 116 cm³/mol. The fraction of sp³-hybridized carbons (Fsp3) is 0.652. The Morgan fingerprint density at radius 1 is 1.03 bits per heavy atom. The Morgan fingerprint density at radius 2 is 1.76 bits per heavy atom. The van der Waals surface area contributed by atoms with Crippen LogP contribution in [-0.2, 0) is 6.54 Å². The van der Waals surface area contributed by atoms with E-state index in [1.807, 2.05) is 17.0 Å². The maximum atomic E-state index is 12.7. The Kier molecular flexibility index (Phi) is 7.30. The van der Waals surface area contributed by atoms with E-state index in [9.17, 15) is 9.59 Å². The van der Waals surface area contributed by atoms with Crippen LogP contribution in [0.4, 0.5) is 0 Å². The Morgan fingerprint density at radius 3 is 2.45 bits per heavy atom. The molecule has 6 nitrogen and oxygen atoms in total. The quantitative estimate of drug-likeness (QED) is 0.797. The summed E-state index contributed by atoms with van der Waals surface area (Å²) in [4.78, 5) is 31.4. The Hall–Kier alpha value is -1.92. The van der Waals surface area contributed by atoms with E-state index in [0.717, 1.165) is 31.1 Å². The van der Waals surface area contributed by atoms with Crippen molar-refractivity contribution in [3.05, 3.63) is 34.9 Å². The number of nitrogens with two attached hydrogens (primary N) is 1. The Balaban J connectivity index is 0.00000240. The molecule has 160 valence electrons. The van der Waals surface area contributed by atoms with Crippen molar-refractivity contribution < 1.29 is 9.59 Å². The summed E-state index contributed by atoms with van der Waals surface area (Å²) in [5.41, 5.74) is 7.22. The molecule has 4 rings (SSSR count). The van der Waals surface area contributed by atoms with E-state index in [-0.39, 0.29) is 13.3 Å². The summed E-state index contributed by atoms with van der Waals surface area (Å²) >= 11 is 0. The van der Waals surface area contributed by atoms with Crippen LogP contribution < -0.4 is 5.73 Å². The first-order valence-electron chi connectivity index (χ1n) is 10.8. The molecular formula is C23H36N4O2. The fourth-order valence-corrected chi connectivity index (χ4v) is 5.08. The van der Waals surface area contributed by atoms with E-state index in [4.69, 9.17) is 5.73 Å². The molecule has 6 heteroatoms. The van der Waals surface area contributed by atoms with Crippen molar-refractivity contribution in [1.29, 1.82) is 0 Å². The molecule has 3 aliphatic heterocycles. The molecule has 1 aromatic rings. The maximum absolute atomic E-state index is 12.7. The third kappa shape index (κ3) is 4.81. The molecule has 0 aliphatic carbocycles. The zero-order valence-corrected chi connectivity index (χ0v) is 16.7. The molecular weight excluding hydrogens is 364 g/mol. The second-order valence-corrected chi connectivity index (χ2v) is 8.45. The highest BCUT2D eigenvalue weighted by atomic mass is 16.2. The van der Waals surface area contributed by atoms with Crippen molar-refractivity contribution in [2.24, 2.45) is 5.73 Å². The van der Waals surface area contributed by atoms with Gasteiger partial charge in [0.2, 0.25) is 5.91 Å². The molecule has 0 unspecified atom stereocenters. The Labute approximate surface area is 175 Å². The number of hydrogen-bond acceptors (Lipinski definition) is 4. The molecule has 2 amide bonds. The van der Waals surface area contributed by atoms with Crippen molar-refractivity contribution in [2.45, 2.75) is 58.5 Å². The lowest BCUT2D eigenvalue weighted by Gasteiger charge is -2.40. The number of piperidine rings is 2. The maximum Gasteiger partial charge on any atom is 0.255 e. The molecule has 3 heterocycles. The number of rotatable bonds is 6. The smallest absolute Gasteiger partial charge is 0.255 e. The average Bonchev–Trinajstić information content (AvgIpc) is 3.05. The number of primary amides is 1. The van der Waals surface area contributed by atoms with Gasteiger partial charge in [-0.2, -0.15) is 0 Å². The SMILES string of the molecule is C.NC(=O)c1cccc2c1C(=O)N(CCCN1CCC(N3CCCCC3)CC1)C2. The summed E-state index contributed by atoms with van der Waals surface area (Å²) in [5.74, 6) is -0.572. The van der Waals surface area contributed by atoms with Crippen molar-refractivity contribution in [2.75, 3.05) is 39.3 Å². The number of fused-ring (bicyclic) bond motifs is 1. The standard InChI is InChI=1S/C22H32N4O2.CH4/c23-21(27)19-7-4-6-17-16-26(22(28)20(17)19)13-5-10-24-14-8-18(9-15-24)25-11-2-1-3-12-25;/h4,6-7,18H,1-3,5,8-16H2,(H2,23,27);1H4. The topological polar surface area (TPSA) is 69.9 Å². The molecule has 2 N–H and O–H groups in total. The minimum absolute atomic E-state index is 0. The van der Waals surface area contributed by atoms with Gasteiger partial charge in [0, 0.05) is 19.1 Å². The summed E-state index contributed by atoms with van der Waals surface area (Å²) < 4.78 is 0. The second-order valence-electron chi connectivity index (χ2n) is 8.45. The van der Waals surface area contributed by atoms with Crippen LogP contribution in [0.3, 0.4) is 0 Å². The van der Waals surface area contributed by atoms with Crippen LogP contribution in [0.2, 0.25) is 0 Å². The lowest BCUT2D eigenvalue weighted by Crippen LogP contribution is -2.47. The van der Waals surface area contributed by atoms with Crippen LogP contribution >= 0.6 is 0 Å². The number of benzene rings is 1. The first-order chi connectivity index (χ1) is 13.6. The summed E-state index contributed by atoms with van der Waals surface area (Å²) in [7, 11) is 0. The molecule has 0 saturated carbocycles. The third-order valence-electron chi connectivity index (χ3n) is 6.65. The number of amides is 2. The van der Waals surface area contributed by atoms with E-state index in [0.29, 0.717) is 17.7 Å². The largest absolute Gasteiger partial charge is 0.366 e. The van der Waals surface area contributed by atoms with Crippen LogP contribution in [0.1, 0.15) is 72.2 Å². The second kappa shape index (κ2) is 9.72. The lowest BCUT2D eigenvalue weighted by molar-refractivity contribution is 0.0745. The van der Waals surface area contributed by atoms with Gasteiger partial charge < -0.3 is 20.4 Å². The molecule has 1 aromatic carbocycles. The number of hydrogen-bond donors (Lipinski definition) is 1. The van der Waals surface area contributed by atoms with Crippen molar-refractivity contribution >= 4 is 11.8 Å². The van der Waals surface area contributed by atoms with Gasteiger partial charge in [-0.1, -0.05) is 26.0 Å². The number of carbonyl (C=O) groups is 2. The highest BCUT2D eigenvalue weighted by Crippen LogP contribution is 2.26. The summed E-state index contributed by atoms with van der Waals surface area (Å²) in [6, 6.07) is 6.15. The molecule has 29 heavy (non-hydrogen) atoms. The van der Waals surface area contributed by atoms with Crippen molar-refractivity contribution in [3.63, 3.8) is 0 Å². The molecule has 0 atom stereocenters. The van der Waals surface area contributed by atoms with E-state index in [1.165, 1.54) is 58.3 Å². The minimum atomic E-state index is -0.524. The van der Waals surface area contributed by atoms with Gasteiger partial charge in [0.15, 0.2) is 0 Å². The highest BCUT2D eigenvalue weighted by molar-refractivity contribution is 6.09. The summed E-state index contributed by atoms with van der Waals surface area (Å²) in [5, 5.41) is 0. The molecule has 3 aliphatic rings. The summed E-state index contributed by atoms with van der Waals surface area (Å²) in [6.07, 6.45) is 7.65. The normalized spacial score (nSPS) is 21.1. The van der Waals surface area contributed by atoms with E-state index in [1.54, 1.807) is 6.07 Å². The van der Waals surface area contributed by atoms with Crippen molar-refractivity contribution in [3.8, 4) is 0 Å². The summed E-state index contributed by atoms with van der Waals surface area (Å²) in [6.45, 7) is 7.27. The van der Waals surface area contributed by atoms with Gasteiger partial charge >= 0.3 is 0 Å². The monoisotopic (exact) mass is 400 g/mol. The molecule has 2 fully saturated rings. The highest BCUT2D eigenvalue weighted by Gasteiger charge is 2.31. The predicted octanol–water partition coefficient (Wildman–Crippen LogP) is 2.72. The first-order valence-corrected chi connectivity index (χ1v) is 10.8. The zero-order valence-electron chi connectivity index (χ0n) is 16.7.